The zero-order chi connectivity index (χ0) is 12.3. The van der Waals surface area contributed by atoms with Crippen molar-refractivity contribution in [2.24, 2.45) is 0 Å². The maximum Gasteiger partial charge on any atom is 0.267 e. The molecule has 0 unspecified atom stereocenters. The molecule has 0 atom stereocenters. The smallest absolute Gasteiger partial charge is 0.267 e. The molecule has 0 N–H and O–H groups in total. The van der Waals surface area contributed by atoms with Gasteiger partial charge in [0.25, 0.3) is 6.43 Å². The van der Waals surface area contributed by atoms with Crippen molar-refractivity contribution in [3.05, 3.63) is 28.8 Å². The zero-order valence-corrected chi connectivity index (χ0v) is 9.59. The number of benzene rings is 1. The third kappa shape index (κ3) is 3.17. The molecule has 0 spiro atoms. The highest BCUT2D eigenvalue weighted by Crippen LogP contribution is 2.33. The molecule has 0 fully saturated rings. The maximum absolute atomic E-state index is 12.7. The summed E-state index contributed by atoms with van der Waals surface area (Å²) in [5.74, 6) is -0.0310. The highest BCUT2D eigenvalue weighted by Gasteiger charge is 2.23. The van der Waals surface area contributed by atoms with Crippen LogP contribution in [0.3, 0.4) is 0 Å². The van der Waals surface area contributed by atoms with Gasteiger partial charge < -0.3 is 4.74 Å². The van der Waals surface area contributed by atoms with Crippen LogP contribution in [-0.4, -0.2) is 11.9 Å². The van der Waals surface area contributed by atoms with Crippen molar-refractivity contribution in [2.45, 2.75) is 25.9 Å². The number of hydrogen-bond donors (Lipinski definition) is 0. The fourth-order valence-electron chi connectivity index (χ4n) is 1.09. The van der Waals surface area contributed by atoms with Gasteiger partial charge in [0.15, 0.2) is 11.9 Å². The molecule has 2 nitrogen and oxygen atoms in total. The highest BCUT2D eigenvalue weighted by molar-refractivity contribution is 6.30. The number of rotatable bonds is 4. The number of hydrogen-bond acceptors (Lipinski definition) is 2. The fourth-order valence-corrected chi connectivity index (χ4v) is 1.27. The Labute approximate surface area is 97.2 Å². The molecule has 0 radical (unpaired) electrons. The zero-order valence-electron chi connectivity index (χ0n) is 8.84. The van der Waals surface area contributed by atoms with Crippen molar-refractivity contribution < 1.29 is 18.3 Å². The first-order chi connectivity index (χ1) is 7.35. The van der Waals surface area contributed by atoms with Gasteiger partial charge in [0.2, 0.25) is 0 Å². The van der Waals surface area contributed by atoms with Crippen molar-refractivity contribution in [1.82, 2.24) is 0 Å². The lowest BCUT2D eigenvalue weighted by Gasteiger charge is -2.21. The topological polar surface area (TPSA) is 26.3 Å². The van der Waals surface area contributed by atoms with Gasteiger partial charge in [0.05, 0.1) is 5.56 Å². The van der Waals surface area contributed by atoms with Crippen molar-refractivity contribution in [3.8, 4) is 5.75 Å². The van der Waals surface area contributed by atoms with Crippen molar-refractivity contribution in [1.29, 1.82) is 0 Å². The molecule has 0 aromatic heterocycles. The molecule has 0 aliphatic rings. The third-order valence-corrected chi connectivity index (χ3v) is 2.10. The minimum Gasteiger partial charge on any atom is -0.480 e. The Morgan fingerprint density at radius 2 is 2.06 bits per heavy atom. The standard InChI is InChI=1S/C11H11ClF2O2/c1-11(2,6-15)16-9-4-3-7(12)5-8(9)10(13)14/h3-6,10H,1-2H3. The number of carbonyl (C=O) groups excluding carboxylic acids is 1. The van der Waals surface area contributed by atoms with Crippen molar-refractivity contribution in [3.63, 3.8) is 0 Å². The summed E-state index contributed by atoms with van der Waals surface area (Å²) in [6.45, 7) is 2.98. The van der Waals surface area contributed by atoms with E-state index in [4.69, 9.17) is 16.3 Å². The minimum atomic E-state index is -2.70. The summed E-state index contributed by atoms with van der Waals surface area (Å²) < 4.78 is 30.5. The fraction of sp³-hybridized carbons (Fsp3) is 0.364. The summed E-state index contributed by atoms with van der Waals surface area (Å²) >= 11 is 5.61. The summed E-state index contributed by atoms with van der Waals surface area (Å²) in [5.41, 5.74) is -1.46. The number of alkyl halides is 2. The molecule has 0 heterocycles. The first-order valence-electron chi connectivity index (χ1n) is 4.58. The molecule has 0 aliphatic carbocycles. The van der Waals surface area contributed by atoms with Crippen LogP contribution in [0.15, 0.2) is 18.2 Å². The first-order valence-corrected chi connectivity index (χ1v) is 4.96. The van der Waals surface area contributed by atoms with E-state index in [1.165, 1.54) is 26.0 Å². The predicted octanol–water partition coefficient (Wildman–Crippen LogP) is 3.63. The number of aldehydes is 1. The van der Waals surface area contributed by atoms with Gasteiger partial charge >= 0.3 is 0 Å². The predicted molar refractivity (Wildman–Crippen MR) is 57.2 cm³/mol. The van der Waals surface area contributed by atoms with Crippen LogP contribution in [0, 0.1) is 0 Å². The van der Waals surface area contributed by atoms with E-state index >= 15 is 0 Å². The molecule has 88 valence electrons. The number of ether oxygens (including phenoxy) is 1. The molecular weight excluding hydrogens is 238 g/mol. The van der Waals surface area contributed by atoms with E-state index in [0.29, 0.717) is 6.29 Å². The molecule has 0 saturated heterocycles. The van der Waals surface area contributed by atoms with Crippen LogP contribution >= 0.6 is 11.6 Å². The van der Waals surface area contributed by atoms with E-state index in [-0.39, 0.29) is 16.3 Å². The lowest BCUT2D eigenvalue weighted by atomic mass is 10.1. The van der Waals surface area contributed by atoms with E-state index in [2.05, 4.69) is 0 Å². The maximum atomic E-state index is 12.7. The second kappa shape index (κ2) is 4.78. The van der Waals surface area contributed by atoms with Gasteiger partial charge in [0, 0.05) is 5.02 Å². The van der Waals surface area contributed by atoms with Crippen LogP contribution in [0.5, 0.6) is 5.75 Å². The van der Waals surface area contributed by atoms with Crippen LogP contribution in [0.2, 0.25) is 5.02 Å². The number of halogens is 3. The lowest BCUT2D eigenvalue weighted by molar-refractivity contribution is -0.119. The largest absolute Gasteiger partial charge is 0.480 e. The van der Waals surface area contributed by atoms with Crippen molar-refractivity contribution >= 4 is 17.9 Å². The monoisotopic (exact) mass is 248 g/mol. The molecule has 0 aliphatic heterocycles. The highest BCUT2D eigenvalue weighted by atomic mass is 35.5. The number of carbonyl (C=O) groups is 1. The molecule has 16 heavy (non-hydrogen) atoms. The lowest BCUT2D eigenvalue weighted by Crippen LogP contribution is -2.30. The second-order valence-corrected chi connectivity index (χ2v) is 4.24. The van der Waals surface area contributed by atoms with Gasteiger partial charge in [-0.25, -0.2) is 8.78 Å². The molecule has 5 heteroatoms. The average Bonchev–Trinajstić information content (AvgIpc) is 2.20. The summed E-state index contributed by atoms with van der Waals surface area (Å²) in [6.07, 6.45) is -2.15. The Kier molecular flexibility index (Phi) is 3.86. The van der Waals surface area contributed by atoms with E-state index in [0.717, 1.165) is 6.07 Å². The first kappa shape index (κ1) is 12.9. The molecule has 1 rings (SSSR count). The molecule has 1 aromatic rings. The Morgan fingerprint density at radius 3 is 2.56 bits per heavy atom. The Hall–Kier alpha value is -1.16. The van der Waals surface area contributed by atoms with Crippen LogP contribution in [0.1, 0.15) is 25.8 Å². The van der Waals surface area contributed by atoms with Gasteiger partial charge in [0.1, 0.15) is 5.75 Å². The van der Waals surface area contributed by atoms with Crippen molar-refractivity contribution in [2.75, 3.05) is 0 Å². The minimum absolute atomic E-state index is 0.0310. The van der Waals surface area contributed by atoms with Gasteiger partial charge in [-0.3, -0.25) is 4.79 Å². The Morgan fingerprint density at radius 1 is 1.44 bits per heavy atom. The van der Waals surface area contributed by atoms with Crippen LogP contribution < -0.4 is 4.74 Å². The third-order valence-electron chi connectivity index (χ3n) is 1.86. The summed E-state index contributed by atoms with van der Waals surface area (Å²) in [7, 11) is 0. The van der Waals surface area contributed by atoms with Gasteiger partial charge in [-0.05, 0) is 32.0 Å². The van der Waals surface area contributed by atoms with Crippen LogP contribution in [0.4, 0.5) is 8.78 Å². The SMILES string of the molecule is CC(C)(C=O)Oc1ccc(Cl)cc1C(F)F. The van der Waals surface area contributed by atoms with E-state index in [9.17, 15) is 13.6 Å². The molecule has 0 saturated carbocycles. The Balaban J connectivity index is 3.08. The van der Waals surface area contributed by atoms with Gasteiger partial charge in [-0.1, -0.05) is 11.6 Å². The summed E-state index contributed by atoms with van der Waals surface area (Å²) in [6, 6.07) is 3.89. The molecule has 0 bridgehead atoms. The van der Waals surface area contributed by atoms with E-state index < -0.39 is 12.0 Å². The Bertz CT molecular complexity index is 392. The van der Waals surface area contributed by atoms with E-state index in [1.807, 2.05) is 0 Å². The average molecular weight is 249 g/mol. The van der Waals surface area contributed by atoms with Gasteiger partial charge in [-0.15, -0.1) is 0 Å². The molecule has 1 aromatic carbocycles. The van der Waals surface area contributed by atoms with Gasteiger partial charge in [-0.2, -0.15) is 0 Å². The molecule has 0 amide bonds. The second-order valence-electron chi connectivity index (χ2n) is 3.81. The van der Waals surface area contributed by atoms with Crippen LogP contribution in [0.25, 0.3) is 0 Å². The summed E-state index contributed by atoms with van der Waals surface area (Å²) in [5, 5.41) is 0.201. The normalized spacial score (nSPS) is 11.6. The summed E-state index contributed by atoms with van der Waals surface area (Å²) in [4.78, 5) is 10.6. The molecular formula is C11H11ClF2O2. The van der Waals surface area contributed by atoms with E-state index in [1.54, 1.807) is 0 Å². The van der Waals surface area contributed by atoms with Crippen LogP contribution in [-0.2, 0) is 4.79 Å². The quantitative estimate of drug-likeness (QED) is 0.761.